The van der Waals surface area contributed by atoms with Gasteiger partial charge in [0.25, 0.3) is 0 Å². The first-order valence-electron chi connectivity index (χ1n) is 4.44. The molecular formula is C10H9F3INO. The molecule has 0 aliphatic rings. The predicted octanol–water partition coefficient (Wildman–Crippen LogP) is 3.03. The van der Waals surface area contributed by atoms with Gasteiger partial charge in [0.15, 0.2) is 0 Å². The smallest absolute Gasteiger partial charge is 0.342 e. The number of halogens is 4. The Morgan fingerprint density at radius 1 is 1.31 bits per heavy atom. The Kier molecular flexibility index (Phi) is 4.17. The van der Waals surface area contributed by atoms with Crippen LogP contribution in [0, 0.1) is 3.57 Å². The standard InChI is InChI=1S/C10H9F3INO/c1-6(15-9(16)10(11,12)13)7-2-4-8(14)5-3-7/h2-6H,1H3,(H,15,16)/t6-/m1/s1. The summed E-state index contributed by atoms with van der Waals surface area (Å²) in [6, 6.07) is 6.25. The van der Waals surface area contributed by atoms with Gasteiger partial charge < -0.3 is 5.32 Å². The first kappa shape index (κ1) is 13.3. The van der Waals surface area contributed by atoms with Gasteiger partial charge in [-0.1, -0.05) is 12.1 Å². The average molecular weight is 343 g/mol. The van der Waals surface area contributed by atoms with E-state index in [-0.39, 0.29) is 0 Å². The van der Waals surface area contributed by atoms with Crippen molar-refractivity contribution in [1.29, 1.82) is 0 Å². The highest BCUT2D eigenvalue weighted by Gasteiger charge is 2.39. The Hall–Kier alpha value is -0.790. The van der Waals surface area contributed by atoms with Crippen LogP contribution in [0.2, 0.25) is 0 Å². The van der Waals surface area contributed by atoms with Crippen LogP contribution in [0.1, 0.15) is 18.5 Å². The van der Waals surface area contributed by atoms with Crippen LogP contribution in [0.15, 0.2) is 24.3 Å². The minimum atomic E-state index is -4.84. The average Bonchev–Trinajstić information content (AvgIpc) is 2.17. The quantitative estimate of drug-likeness (QED) is 0.822. The number of alkyl halides is 3. The highest BCUT2D eigenvalue weighted by molar-refractivity contribution is 14.1. The molecule has 0 aliphatic carbocycles. The maximum absolute atomic E-state index is 12.0. The second kappa shape index (κ2) is 5.03. The number of carbonyl (C=O) groups is 1. The second-order valence-electron chi connectivity index (χ2n) is 3.24. The van der Waals surface area contributed by atoms with E-state index in [0.717, 1.165) is 3.57 Å². The van der Waals surface area contributed by atoms with E-state index < -0.39 is 18.1 Å². The molecule has 0 unspecified atom stereocenters. The number of benzene rings is 1. The summed E-state index contributed by atoms with van der Waals surface area (Å²) in [5, 5.41) is 1.89. The molecular weight excluding hydrogens is 334 g/mol. The highest BCUT2D eigenvalue weighted by atomic mass is 127. The van der Waals surface area contributed by atoms with Crippen molar-refractivity contribution in [3.05, 3.63) is 33.4 Å². The normalized spacial score (nSPS) is 13.3. The molecule has 1 rings (SSSR count). The van der Waals surface area contributed by atoms with Crippen LogP contribution in [0.5, 0.6) is 0 Å². The molecule has 0 heterocycles. The van der Waals surface area contributed by atoms with Crippen molar-refractivity contribution in [1.82, 2.24) is 5.32 Å². The topological polar surface area (TPSA) is 29.1 Å². The lowest BCUT2D eigenvalue weighted by molar-refractivity contribution is -0.174. The van der Waals surface area contributed by atoms with Crippen molar-refractivity contribution in [2.75, 3.05) is 0 Å². The Balaban J connectivity index is 2.69. The first-order valence-corrected chi connectivity index (χ1v) is 5.51. The summed E-state index contributed by atoms with van der Waals surface area (Å²) in [5.74, 6) is -1.92. The Labute approximate surface area is 104 Å². The Morgan fingerprint density at radius 3 is 2.25 bits per heavy atom. The van der Waals surface area contributed by atoms with Crippen molar-refractivity contribution in [2.45, 2.75) is 19.1 Å². The third kappa shape index (κ3) is 3.66. The molecule has 1 amide bonds. The summed E-state index contributed by atoms with van der Waals surface area (Å²) in [6.07, 6.45) is -4.84. The maximum Gasteiger partial charge on any atom is 0.471 e. The zero-order chi connectivity index (χ0) is 12.3. The van der Waals surface area contributed by atoms with Crippen molar-refractivity contribution < 1.29 is 18.0 Å². The molecule has 0 spiro atoms. The van der Waals surface area contributed by atoms with Crippen molar-refractivity contribution in [3.63, 3.8) is 0 Å². The number of nitrogens with one attached hydrogen (secondary N) is 1. The van der Waals surface area contributed by atoms with Gasteiger partial charge in [-0.3, -0.25) is 4.79 Å². The van der Waals surface area contributed by atoms with Crippen LogP contribution in [-0.2, 0) is 4.79 Å². The van der Waals surface area contributed by atoms with Gasteiger partial charge in [-0.15, -0.1) is 0 Å². The lowest BCUT2D eigenvalue weighted by Gasteiger charge is -2.15. The molecule has 0 saturated heterocycles. The lowest BCUT2D eigenvalue weighted by Crippen LogP contribution is -2.38. The van der Waals surface area contributed by atoms with E-state index >= 15 is 0 Å². The molecule has 1 aromatic carbocycles. The number of hydrogen-bond acceptors (Lipinski definition) is 1. The van der Waals surface area contributed by atoms with Crippen LogP contribution >= 0.6 is 22.6 Å². The summed E-state index contributed by atoms with van der Waals surface area (Å²) >= 11 is 2.09. The highest BCUT2D eigenvalue weighted by Crippen LogP contribution is 2.19. The summed E-state index contributed by atoms with van der Waals surface area (Å²) in [4.78, 5) is 10.7. The number of amides is 1. The van der Waals surface area contributed by atoms with Gasteiger partial charge in [0, 0.05) is 3.57 Å². The molecule has 0 bridgehead atoms. The Morgan fingerprint density at radius 2 is 1.81 bits per heavy atom. The fourth-order valence-corrected chi connectivity index (χ4v) is 1.47. The van der Waals surface area contributed by atoms with Gasteiger partial charge in [-0.25, -0.2) is 0 Å². The first-order chi connectivity index (χ1) is 7.30. The van der Waals surface area contributed by atoms with Crippen LogP contribution in [0.25, 0.3) is 0 Å². The molecule has 1 aromatic rings. The molecule has 0 saturated carbocycles. The summed E-state index contributed by atoms with van der Waals surface area (Å²) in [5.41, 5.74) is 0.637. The van der Waals surface area contributed by atoms with E-state index in [2.05, 4.69) is 22.6 Å². The SMILES string of the molecule is C[C@@H](NC(=O)C(F)(F)F)c1ccc(I)cc1. The van der Waals surface area contributed by atoms with E-state index in [1.54, 1.807) is 24.3 Å². The molecule has 2 nitrogen and oxygen atoms in total. The zero-order valence-electron chi connectivity index (χ0n) is 8.31. The third-order valence-corrected chi connectivity index (χ3v) is 2.69. The molecule has 0 aromatic heterocycles. The Bertz CT molecular complexity index is 375. The molecule has 0 fully saturated rings. The third-order valence-electron chi connectivity index (χ3n) is 1.98. The molecule has 0 radical (unpaired) electrons. The van der Waals surface area contributed by atoms with E-state index in [9.17, 15) is 18.0 Å². The van der Waals surface area contributed by atoms with Crippen LogP contribution in [-0.4, -0.2) is 12.1 Å². The predicted molar refractivity (Wildman–Crippen MR) is 61.8 cm³/mol. The zero-order valence-corrected chi connectivity index (χ0v) is 10.5. The van der Waals surface area contributed by atoms with Gasteiger partial charge in [0.05, 0.1) is 6.04 Å². The molecule has 88 valence electrons. The minimum absolute atomic E-state index is 0.637. The summed E-state index contributed by atoms with van der Waals surface area (Å²) in [7, 11) is 0. The van der Waals surface area contributed by atoms with Gasteiger partial charge >= 0.3 is 12.1 Å². The van der Waals surface area contributed by atoms with E-state index in [1.807, 2.05) is 5.32 Å². The number of rotatable bonds is 2. The summed E-state index contributed by atoms with van der Waals surface area (Å²) in [6.45, 7) is 1.51. The fraction of sp³-hybridized carbons (Fsp3) is 0.300. The van der Waals surface area contributed by atoms with Crippen molar-refractivity contribution in [2.24, 2.45) is 0 Å². The van der Waals surface area contributed by atoms with Crippen LogP contribution < -0.4 is 5.32 Å². The molecule has 0 aliphatic heterocycles. The molecule has 1 N–H and O–H groups in total. The number of carbonyl (C=O) groups excluding carboxylic acids is 1. The second-order valence-corrected chi connectivity index (χ2v) is 4.49. The van der Waals surface area contributed by atoms with Gasteiger partial charge in [0.2, 0.25) is 0 Å². The number of hydrogen-bond donors (Lipinski definition) is 1. The van der Waals surface area contributed by atoms with Crippen LogP contribution in [0.3, 0.4) is 0 Å². The van der Waals surface area contributed by atoms with Crippen molar-refractivity contribution >= 4 is 28.5 Å². The van der Waals surface area contributed by atoms with E-state index in [0.29, 0.717) is 5.56 Å². The fourth-order valence-electron chi connectivity index (χ4n) is 1.11. The van der Waals surface area contributed by atoms with Crippen molar-refractivity contribution in [3.8, 4) is 0 Å². The van der Waals surface area contributed by atoms with E-state index in [1.165, 1.54) is 6.92 Å². The lowest BCUT2D eigenvalue weighted by atomic mass is 10.1. The van der Waals surface area contributed by atoms with Gasteiger partial charge in [0.1, 0.15) is 0 Å². The molecule has 16 heavy (non-hydrogen) atoms. The maximum atomic E-state index is 12.0. The van der Waals surface area contributed by atoms with E-state index in [4.69, 9.17) is 0 Å². The summed E-state index contributed by atoms with van der Waals surface area (Å²) < 4.78 is 36.9. The van der Waals surface area contributed by atoms with Crippen LogP contribution in [0.4, 0.5) is 13.2 Å². The minimum Gasteiger partial charge on any atom is -0.342 e. The largest absolute Gasteiger partial charge is 0.471 e. The monoisotopic (exact) mass is 343 g/mol. The van der Waals surface area contributed by atoms with Gasteiger partial charge in [-0.2, -0.15) is 13.2 Å². The molecule has 6 heteroatoms. The van der Waals surface area contributed by atoms with Gasteiger partial charge in [-0.05, 0) is 47.2 Å². The molecule has 1 atom stereocenters.